The number of hydrogen-bond acceptors (Lipinski definition) is 10. The van der Waals surface area contributed by atoms with E-state index in [1.807, 2.05) is 55.7 Å². The summed E-state index contributed by atoms with van der Waals surface area (Å²) in [4.78, 5) is 75.2. The summed E-state index contributed by atoms with van der Waals surface area (Å²) in [5, 5.41) is 5.45. The van der Waals surface area contributed by atoms with Crippen molar-refractivity contribution in [2.75, 3.05) is 32.2 Å². The third-order valence-electron chi connectivity index (χ3n) is 14.5. The maximum atomic E-state index is 16.2. The molecular formula is C51H64FN9O7. The van der Waals surface area contributed by atoms with Crippen molar-refractivity contribution < 1.29 is 37.8 Å². The van der Waals surface area contributed by atoms with Crippen LogP contribution in [0.15, 0.2) is 54.6 Å². The Morgan fingerprint density at radius 1 is 0.632 bits per heavy atom. The number of methoxy groups -OCH3 is 2. The lowest BCUT2D eigenvalue weighted by molar-refractivity contribution is -0.136. The molecule has 3 aliphatic heterocycles. The van der Waals surface area contributed by atoms with Crippen molar-refractivity contribution >= 4 is 51.8 Å². The second kappa shape index (κ2) is 19.7. The molecule has 6 atom stereocenters. The molecule has 3 aromatic carbocycles. The Hall–Kier alpha value is -6.39. The summed E-state index contributed by atoms with van der Waals surface area (Å²) >= 11 is 0. The second-order valence-electron chi connectivity index (χ2n) is 19.5. The van der Waals surface area contributed by atoms with E-state index in [4.69, 9.17) is 24.2 Å². The molecule has 4 fully saturated rings. The second-order valence-corrected chi connectivity index (χ2v) is 19.5. The molecular weight excluding hydrogens is 870 g/mol. The molecule has 17 heteroatoms. The first-order chi connectivity index (χ1) is 32.8. The summed E-state index contributed by atoms with van der Waals surface area (Å²) in [6.07, 6.45) is 7.40. The molecule has 16 nitrogen and oxygen atoms in total. The van der Waals surface area contributed by atoms with Gasteiger partial charge in [0.05, 0.1) is 66.6 Å². The molecule has 4 amide bonds. The molecule has 2 aromatic heterocycles. The number of nitrogens with zero attached hydrogens (tertiary/aromatic N) is 5. The largest absolute Gasteiger partial charge is 0.487 e. The Kier molecular flexibility index (Phi) is 13.5. The maximum absolute atomic E-state index is 16.2. The Balaban J connectivity index is 1.01. The van der Waals surface area contributed by atoms with Crippen molar-refractivity contribution in [1.29, 1.82) is 0 Å². The van der Waals surface area contributed by atoms with Gasteiger partial charge in [-0.1, -0.05) is 39.8 Å². The van der Waals surface area contributed by atoms with Crippen LogP contribution in [0, 0.1) is 17.7 Å². The van der Waals surface area contributed by atoms with Crippen LogP contribution in [0.5, 0.6) is 5.75 Å². The van der Waals surface area contributed by atoms with E-state index in [1.54, 1.807) is 12.1 Å². The molecule has 4 N–H and O–H groups in total. The zero-order valence-electron chi connectivity index (χ0n) is 39.8. The van der Waals surface area contributed by atoms with Gasteiger partial charge in [0, 0.05) is 24.8 Å². The molecule has 0 unspecified atom stereocenters. The number of fused-ring (bicyclic) bond motifs is 2. The van der Waals surface area contributed by atoms with Crippen LogP contribution in [0.2, 0.25) is 0 Å². The number of halogens is 1. The number of benzene rings is 3. The van der Waals surface area contributed by atoms with Gasteiger partial charge in [-0.15, -0.1) is 0 Å². The highest BCUT2D eigenvalue weighted by Crippen LogP contribution is 2.49. The van der Waals surface area contributed by atoms with E-state index in [0.29, 0.717) is 24.7 Å². The van der Waals surface area contributed by atoms with Crippen molar-refractivity contribution in [2.45, 2.75) is 134 Å². The summed E-state index contributed by atoms with van der Waals surface area (Å²) in [5.41, 5.74) is 6.06. The van der Waals surface area contributed by atoms with Crippen LogP contribution in [0.1, 0.15) is 139 Å². The van der Waals surface area contributed by atoms with Crippen LogP contribution in [-0.2, 0) is 19.1 Å². The monoisotopic (exact) mass is 933 g/mol. The molecule has 9 rings (SSSR count). The van der Waals surface area contributed by atoms with Crippen molar-refractivity contribution in [1.82, 2.24) is 40.4 Å². The molecule has 4 aliphatic rings. The Morgan fingerprint density at radius 3 is 1.56 bits per heavy atom. The number of ether oxygens (including phenoxy) is 3. The summed E-state index contributed by atoms with van der Waals surface area (Å²) in [7, 11) is 2.57. The lowest BCUT2D eigenvalue weighted by Crippen LogP contribution is -2.51. The number of rotatable bonds is 13. The zero-order valence-corrected chi connectivity index (χ0v) is 39.8. The van der Waals surface area contributed by atoms with E-state index < -0.39 is 30.1 Å². The van der Waals surface area contributed by atoms with Crippen molar-refractivity contribution in [3.63, 3.8) is 0 Å². The number of nitrogens with one attached hydrogen (secondary N) is 4. The predicted octanol–water partition coefficient (Wildman–Crippen LogP) is 9.07. The van der Waals surface area contributed by atoms with Crippen LogP contribution in [0.3, 0.4) is 0 Å². The summed E-state index contributed by atoms with van der Waals surface area (Å²) in [5.74, 6) is 0.632. The van der Waals surface area contributed by atoms with Crippen molar-refractivity contribution in [2.24, 2.45) is 11.8 Å². The number of alkyl carbamates (subject to hydrolysis) is 2. The Morgan fingerprint density at radius 2 is 1.12 bits per heavy atom. The predicted molar refractivity (Wildman–Crippen MR) is 254 cm³/mol. The number of aromatic amines is 2. The fourth-order valence-electron chi connectivity index (χ4n) is 11.0. The van der Waals surface area contributed by atoms with Gasteiger partial charge in [-0.3, -0.25) is 9.59 Å². The number of H-pyrrole nitrogens is 2. The number of imidazole rings is 2. The first kappa shape index (κ1) is 46.7. The molecule has 5 aromatic rings. The molecule has 68 heavy (non-hydrogen) atoms. The number of aromatic nitrogens is 4. The summed E-state index contributed by atoms with van der Waals surface area (Å²) < 4.78 is 32.0. The first-order valence-electron chi connectivity index (χ1n) is 24.3. The maximum Gasteiger partial charge on any atom is 0.407 e. The van der Waals surface area contributed by atoms with Gasteiger partial charge in [0.1, 0.15) is 23.7 Å². The normalized spacial score (nSPS) is 21.9. The number of likely N-dealkylation sites (tertiary alicyclic amines) is 2. The lowest BCUT2D eigenvalue weighted by atomic mass is 10.0. The third-order valence-corrected chi connectivity index (χ3v) is 14.5. The highest BCUT2D eigenvalue weighted by molar-refractivity contribution is 5.87. The van der Waals surface area contributed by atoms with Gasteiger partial charge in [0.15, 0.2) is 11.6 Å². The van der Waals surface area contributed by atoms with Crippen LogP contribution >= 0.6 is 0 Å². The molecule has 0 spiro atoms. The minimum Gasteiger partial charge on any atom is -0.487 e. The molecule has 3 saturated heterocycles. The van der Waals surface area contributed by atoms with Crippen LogP contribution in [0.4, 0.5) is 19.7 Å². The number of carbonyl (C=O) groups excluding carboxylic acids is 4. The minimum absolute atomic E-state index is 0.0184. The SMILES string of the molecule is COC(=O)N[C@H](C(=O)N1CCC[C@H]1c1nc2ccc([C@H]3CC[C@H](c4ccc5nc([C@@H]6CCCN6C(=O)[C@@H](NC(=O)OC)C(C)C)[nH]c5c4)N3c3ccc(OC4CCCC4)c(F)c3)cc2[nH]1)C(C)C. The van der Waals surface area contributed by atoms with E-state index in [1.165, 1.54) is 14.2 Å². The summed E-state index contributed by atoms with van der Waals surface area (Å²) in [6.45, 7) is 8.70. The van der Waals surface area contributed by atoms with Crippen molar-refractivity contribution in [3.05, 3.63) is 83.2 Å². The first-order valence-corrected chi connectivity index (χ1v) is 24.3. The smallest absolute Gasteiger partial charge is 0.407 e. The third kappa shape index (κ3) is 9.27. The molecule has 0 radical (unpaired) electrons. The van der Waals surface area contributed by atoms with E-state index >= 15 is 4.39 Å². The fraction of sp³-hybridized carbons (Fsp3) is 0.529. The quantitative estimate of drug-likeness (QED) is 0.0887. The molecule has 362 valence electrons. The van der Waals surface area contributed by atoms with Gasteiger partial charge < -0.3 is 49.5 Å². The topological polar surface area (TPSA) is 187 Å². The zero-order chi connectivity index (χ0) is 47.8. The fourth-order valence-corrected chi connectivity index (χ4v) is 11.0. The number of hydrogen-bond donors (Lipinski definition) is 4. The van der Waals surface area contributed by atoms with E-state index in [-0.39, 0.29) is 59.7 Å². The number of carbonyl (C=O) groups is 4. The highest BCUT2D eigenvalue weighted by atomic mass is 19.1. The van der Waals surface area contributed by atoms with Gasteiger partial charge in [0.25, 0.3) is 0 Å². The Labute approximate surface area is 396 Å². The van der Waals surface area contributed by atoms with Gasteiger partial charge in [0.2, 0.25) is 11.8 Å². The van der Waals surface area contributed by atoms with Gasteiger partial charge in [-0.2, -0.15) is 0 Å². The van der Waals surface area contributed by atoms with E-state index in [0.717, 1.165) is 103 Å². The molecule has 1 saturated carbocycles. The number of amides is 4. The minimum atomic E-state index is -0.737. The highest BCUT2D eigenvalue weighted by Gasteiger charge is 2.41. The van der Waals surface area contributed by atoms with Gasteiger partial charge in [-0.05, 0) is 124 Å². The summed E-state index contributed by atoms with van der Waals surface area (Å²) in [6, 6.07) is 15.5. The molecule has 5 heterocycles. The van der Waals surface area contributed by atoms with Gasteiger partial charge in [-0.25, -0.2) is 23.9 Å². The average Bonchev–Trinajstić information content (AvgIpc) is 4.20. The molecule has 0 bridgehead atoms. The van der Waals surface area contributed by atoms with E-state index in [2.05, 4.69) is 49.8 Å². The van der Waals surface area contributed by atoms with Crippen molar-refractivity contribution in [3.8, 4) is 5.75 Å². The molecule has 1 aliphatic carbocycles. The van der Waals surface area contributed by atoms with Gasteiger partial charge >= 0.3 is 12.2 Å². The van der Waals surface area contributed by atoms with Crippen LogP contribution in [-0.4, -0.2) is 99.2 Å². The van der Waals surface area contributed by atoms with E-state index in [9.17, 15) is 19.2 Å². The van der Waals surface area contributed by atoms with Crippen LogP contribution < -0.4 is 20.3 Å². The number of anilines is 1. The average molecular weight is 934 g/mol. The standard InChI is InChI=1S/C51H64FN9O7/c1-28(2)44(57-50(64)66-5)48(62)59-23-9-13-41(59)46-53-35-18-15-30(25-37(35)55-46)39-20-21-40(61(39)32-17-22-43(34(52)27-32)68-33-11-7-8-12-33)31-16-19-36-38(26-31)56-47(54-36)42-14-10-24-60(42)49(63)45(29(3)4)58-51(65)67-6/h15-19,22,25-29,33,39-42,44-45H,7-14,20-21,23-24H2,1-6H3,(H,53,55)(H,54,56)(H,57,64)(H,58,65)/t39-,40-,41+,42+,44+,45+/m1/s1. The Bertz CT molecular complexity index is 2510. The lowest BCUT2D eigenvalue weighted by Gasteiger charge is -2.33. The van der Waals surface area contributed by atoms with Crippen LogP contribution in [0.25, 0.3) is 22.1 Å².